The van der Waals surface area contributed by atoms with Gasteiger partial charge in [0, 0.05) is 27.1 Å². The van der Waals surface area contributed by atoms with Crippen LogP contribution in [0.25, 0.3) is 11.0 Å². The SMILES string of the molecule is CN(C)S(=O)(=O)c1ccc2c(c1)nnn2CCC(=O)NCCCN1CCCCCC1. The van der Waals surface area contributed by atoms with Gasteiger partial charge >= 0.3 is 0 Å². The summed E-state index contributed by atoms with van der Waals surface area (Å²) in [5.74, 6) is -0.0127. The van der Waals surface area contributed by atoms with Crippen molar-refractivity contribution in [3.8, 4) is 0 Å². The number of sulfonamides is 1. The molecule has 0 bridgehead atoms. The summed E-state index contributed by atoms with van der Waals surface area (Å²) in [7, 11) is -0.541. The Labute approximate surface area is 178 Å². The number of hydrogen-bond donors (Lipinski definition) is 1. The predicted molar refractivity (Wildman–Crippen MR) is 116 cm³/mol. The number of aryl methyl sites for hydroxylation is 1. The van der Waals surface area contributed by atoms with E-state index in [2.05, 4.69) is 20.5 Å². The molecule has 10 heteroatoms. The highest BCUT2D eigenvalue weighted by molar-refractivity contribution is 7.89. The predicted octanol–water partition coefficient (Wildman–Crippen LogP) is 1.45. The number of rotatable bonds is 9. The van der Waals surface area contributed by atoms with Gasteiger partial charge in [-0.15, -0.1) is 5.10 Å². The molecule has 1 N–H and O–H groups in total. The molecule has 2 aromatic rings. The van der Waals surface area contributed by atoms with Crippen LogP contribution in [0.2, 0.25) is 0 Å². The van der Waals surface area contributed by atoms with Crippen LogP contribution < -0.4 is 5.32 Å². The zero-order valence-corrected chi connectivity index (χ0v) is 18.7. The Morgan fingerprint density at radius 3 is 2.57 bits per heavy atom. The van der Waals surface area contributed by atoms with Crippen molar-refractivity contribution in [3.63, 3.8) is 0 Å². The molecule has 1 aliphatic rings. The van der Waals surface area contributed by atoms with Gasteiger partial charge in [-0.3, -0.25) is 4.79 Å². The van der Waals surface area contributed by atoms with E-state index >= 15 is 0 Å². The number of hydrogen-bond acceptors (Lipinski definition) is 6. The van der Waals surface area contributed by atoms with E-state index < -0.39 is 10.0 Å². The Bertz CT molecular complexity index is 949. The van der Waals surface area contributed by atoms with Crippen LogP contribution in [0.1, 0.15) is 38.5 Å². The van der Waals surface area contributed by atoms with Crippen LogP contribution >= 0.6 is 0 Å². The maximum absolute atomic E-state index is 12.3. The number of likely N-dealkylation sites (tertiary alicyclic amines) is 1. The summed E-state index contributed by atoms with van der Waals surface area (Å²) in [6, 6.07) is 4.74. The van der Waals surface area contributed by atoms with Gasteiger partial charge in [-0.2, -0.15) is 0 Å². The first-order valence-electron chi connectivity index (χ1n) is 10.6. The van der Waals surface area contributed by atoms with Crippen molar-refractivity contribution in [1.82, 2.24) is 29.5 Å². The molecule has 1 saturated heterocycles. The number of benzene rings is 1. The normalized spacial score (nSPS) is 16.1. The number of aromatic nitrogens is 3. The average Bonchev–Trinajstić information content (AvgIpc) is 2.94. The first-order valence-corrected chi connectivity index (χ1v) is 12.1. The Morgan fingerprint density at radius 1 is 1.13 bits per heavy atom. The molecule has 0 unspecified atom stereocenters. The van der Waals surface area contributed by atoms with Gasteiger partial charge < -0.3 is 10.2 Å². The summed E-state index contributed by atoms with van der Waals surface area (Å²) in [6.45, 7) is 4.45. The van der Waals surface area contributed by atoms with Crippen LogP contribution in [0.15, 0.2) is 23.1 Å². The lowest BCUT2D eigenvalue weighted by Gasteiger charge is -2.19. The number of carbonyl (C=O) groups excluding carboxylic acids is 1. The summed E-state index contributed by atoms with van der Waals surface area (Å²) in [4.78, 5) is 14.8. The van der Waals surface area contributed by atoms with E-state index in [1.807, 2.05) is 0 Å². The number of carbonyl (C=O) groups is 1. The van der Waals surface area contributed by atoms with E-state index in [4.69, 9.17) is 0 Å². The summed E-state index contributed by atoms with van der Waals surface area (Å²) in [5, 5.41) is 11.1. The third kappa shape index (κ3) is 5.77. The third-order valence-electron chi connectivity index (χ3n) is 5.49. The van der Waals surface area contributed by atoms with Crippen LogP contribution in [0.3, 0.4) is 0 Å². The standard InChI is InChI=1S/C20H32N6O3S/c1-24(2)30(28,29)17-8-9-19-18(16-17)22-23-26(19)15-10-20(27)21-11-7-14-25-12-5-3-4-6-13-25/h8-9,16H,3-7,10-15H2,1-2H3,(H,21,27). The van der Waals surface area contributed by atoms with Gasteiger partial charge in [0.2, 0.25) is 15.9 Å². The van der Waals surface area contributed by atoms with Crippen molar-refractivity contribution in [2.24, 2.45) is 0 Å². The van der Waals surface area contributed by atoms with Gasteiger partial charge in [0.25, 0.3) is 0 Å². The summed E-state index contributed by atoms with van der Waals surface area (Å²) >= 11 is 0. The lowest BCUT2D eigenvalue weighted by molar-refractivity contribution is -0.121. The fraction of sp³-hybridized carbons (Fsp3) is 0.650. The van der Waals surface area contributed by atoms with Crippen molar-refractivity contribution in [2.75, 3.05) is 40.3 Å². The molecule has 0 saturated carbocycles. The van der Waals surface area contributed by atoms with Gasteiger partial charge in [-0.25, -0.2) is 17.4 Å². The van der Waals surface area contributed by atoms with Crippen LogP contribution in [0.5, 0.6) is 0 Å². The lowest BCUT2D eigenvalue weighted by atomic mass is 10.2. The maximum Gasteiger partial charge on any atom is 0.242 e. The zero-order chi connectivity index (χ0) is 21.6. The van der Waals surface area contributed by atoms with Gasteiger partial charge in [0.05, 0.1) is 17.0 Å². The van der Waals surface area contributed by atoms with E-state index in [1.165, 1.54) is 58.9 Å². The Kier molecular flexibility index (Phi) is 7.79. The van der Waals surface area contributed by atoms with Gasteiger partial charge in [0.15, 0.2) is 0 Å². The molecule has 0 aliphatic carbocycles. The second kappa shape index (κ2) is 10.3. The Hall–Kier alpha value is -2.04. The maximum atomic E-state index is 12.3. The quantitative estimate of drug-likeness (QED) is 0.597. The molecule has 3 rings (SSSR count). The number of nitrogens with one attached hydrogen (secondary N) is 1. The highest BCUT2D eigenvalue weighted by atomic mass is 32.2. The molecule has 1 aromatic heterocycles. The van der Waals surface area contributed by atoms with Crippen LogP contribution in [0.4, 0.5) is 0 Å². The van der Waals surface area contributed by atoms with Crippen molar-refractivity contribution < 1.29 is 13.2 Å². The summed E-state index contributed by atoms with van der Waals surface area (Å²) in [5.41, 5.74) is 1.21. The zero-order valence-electron chi connectivity index (χ0n) is 17.9. The second-order valence-corrected chi connectivity index (χ2v) is 10.1. The van der Waals surface area contributed by atoms with Crippen molar-refractivity contribution in [2.45, 2.75) is 50.0 Å². The van der Waals surface area contributed by atoms with Gasteiger partial charge in [-0.05, 0) is 57.1 Å². The molecule has 0 atom stereocenters. The molecule has 166 valence electrons. The molecule has 1 aliphatic heterocycles. The summed E-state index contributed by atoms with van der Waals surface area (Å²) in [6.07, 6.45) is 6.48. The molecule has 2 heterocycles. The molecule has 30 heavy (non-hydrogen) atoms. The molecule has 1 aromatic carbocycles. The fourth-order valence-electron chi connectivity index (χ4n) is 3.67. The van der Waals surface area contributed by atoms with Crippen molar-refractivity contribution in [3.05, 3.63) is 18.2 Å². The minimum Gasteiger partial charge on any atom is -0.356 e. The number of nitrogens with zero attached hydrogens (tertiary/aromatic N) is 5. The van der Waals surface area contributed by atoms with Crippen LogP contribution in [-0.4, -0.2) is 78.8 Å². The molecule has 0 radical (unpaired) electrons. The third-order valence-corrected chi connectivity index (χ3v) is 7.30. The molecule has 0 spiro atoms. The van der Waals surface area contributed by atoms with Gasteiger partial charge in [0.1, 0.15) is 5.52 Å². The monoisotopic (exact) mass is 436 g/mol. The van der Waals surface area contributed by atoms with E-state index in [-0.39, 0.29) is 10.8 Å². The first kappa shape index (κ1) is 22.6. The molecule has 1 fully saturated rings. The van der Waals surface area contributed by atoms with Gasteiger partial charge in [-0.1, -0.05) is 18.1 Å². The van der Waals surface area contributed by atoms with E-state index in [1.54, 1.807) is 16.8 Å². The van der Waals surface area contributed by atoms with E-state index in [0.29, 0.717) is 30.5 Å². The topological polar surface area (TPSA) is 100 Å². The highest BCUT2D eigenvalue weighted by Gasteiger charge is 2.19. The average molecular weight is 437 g/mol. The Balaban J connectivity index is 1.46. The minimum absolute atomic E-state index is 0.0127. The summed E-state index contributed by atoms with van der Waals surface area (Å²) < 4.78 is 27.3. The van der Waals surface area contributed by atoms with Crippen LogP contribution in [0, 0.1) is 0 Å². The van der Waals surface area contributed by atoms with E-state index in [9.17, 15) is 13.2 Å². The smallest absolute Gasteiger partial charge is 0.242 e. The number of fused-ring (bicyclic) bond motifs is 1. The first-order chi connectivity index (χ1) is 14.4. The van der Waals surface area contributed by atoms with Crippen LogP contribution in [-0.2, 0) is 21.4 Å². The molecule has 1 amide bonds. The van der Waals surface area contributed by atoms with E-state index in [0.717, 1.165) is 17.3 Å². The minimum atomic E-state index is -3.52. The molecular formula is C20H32N6O3S. The highest BCUT2D eigenvalue weighted by Crippen LogP contribution is 2.19. The Morgan fingerprint density at radius 2 is 1.87 bits per heavy atom. The fourth-order valence-corrected chi connectivity index (χ4v) is 4.60. The number of amides is 1. The lowest BCUT2D eigenvalue weighted by Crippen LogP contribution is -2.31. The molecule has 9 nitrogen and oxygen atoms in total. The van der Waals surface area contributed by atoms with Crippen molar-refractivity contribution >= 4 is 27.0 Å². The largest absolute Gasteiger partial charge is 0.356 e. The second-order valence-electron chi connectivity index (χ2n) is 7.96. The van der Waals surface area contributed by atoms with Crippen molar-refractivity contribution in [1.29, 1.82) is 0 Å². The molecular weight excluding hydrogens is 404 g/mol.